The minimum Gasteiger partial charge on any atom is -0.350 e. The number of rotatable bonds is 6. The van der Waals surface area contributed by atoms with E-state index in [0.29, 0.717) is 6.04 Å². The normalized spacial score (nSPS) is 18.4. The standard InChI is InChI=1S/C24H32N4O/c1-17-4-6-20(7-5-17)16-28-19(3)23(18(2)26-28)10-11-24(29)25-21-12-14-27(15-13-21)22-8-9-22/h4-7,10-11,21-22H,8-9,12-16H2,1-3H3,(H,25,29)/b11-10+. The molecule has 0 unspecified atom stereocenters. The third kappa shape index (κ3) is 4.96. The first kappa shape index (κ1) is 19.9. The highest BCUT2D eigenvalue weighted by atomic mass is 16.1. The van der Waals surface area contributed by atoms with E-state index in [1.807, 2.05) is 17.7 Å². The Morgan fingerprint density at radius 3 is 2.45 bits per heavy atom. The summed E-state index contributed by atoms with van der Waals surface area (Å²) >= 11 is 0. The maximum absolute atomic E-state index is 12.4. The van der Waals surface area contributed by atoms with Gasteiger partial charge in [0, 0.05) is 42.5 Å². The average molecular weight is 393 g/mol. The lowest BCUT2D eigenvalue weighted by atomic mass is 10.0. The van der Waals surface area contributed by atoms with Crippen LogP contribution in [0.3, 0.4) is 0 Å². The molecule has 1 saturated heterocycles. The summed E-state index contributed by atoms with van der Waals surface area (Å²) in [5.41, 5.74) is 5.57. The predicted octanol–water partition coefficient (Wildman–Crippen LogP) is 3.61. The van der Waals surface area contributed by atoms with Crippen molar-refractivity contribution in [2.75, 3.05) is 13.1 Å². The van der Waals surface area contributed by atoms with Gasteiger partial charge in [-0.3, -0.25) is 9.48 Å². The molecule has 5 nitrogen and oxygen atoms in total. The average Bonchev–Trinajstić information content (AvgIpc) is 3.51. The third-order valence-electron chi connectivity index (χ3n) is 6.23. The molecule has 1 aliphatic carbocycles. The van der Waals surface area contributed by atoms with Crippen molar-refractivity contribution in [3.8, 4) is 0 Å². The number of aryl methyl sites for hydroxylation is 2. The van der Waals surface area contributed by atoms with Gasteiger partial charge in [0.1, 0.15) is 0 Å². The van der Waals surface area contributed by atoms with Crippen LogP contribution in [0.1, 0.15) is 53.8 Å². The van der Waals surface area contributed by atoms with E-state index in [1.165, 1.54) is 24.0 Å². The number of carbonyl (C=O) groups is 1. The molecule has 1 aromatic carbocycles. The summed E-state index contributed by atoms with van der Waals surface area (Å²) in [7, 11) is 0. The molecule has 1 aliphatic heterocycles. The zero-order valence-electron chi connectivity index (χ0n) is 17.8. The maximum atomic E-state index is 12.4. The van der Waals surface area contributed by atoms with Crippen LogP contribution in [0, 0.1) is 20.8 Å². The number of benzene rings is 1. The van der Waals surface area contributed by atoms with Gasteiger partial charge in [0.25, 0.3) is 0 Å². The van der Waals surface area contributed by atoms with E-state index in [9.17, 15) is 4.79 Å². The second-order valence-electron chi connectivity index (χ2n) is 8.61. The Morgan fingerprint density at radius 1 is 1.10 bits per heavy atom. The lowest BCUT2D eigenvalue weighted by Gasteiger charge is -2.32. The number of carbonyl (C=O) groups excluding carboxylic acids is 1. The van der Waals surface area contributed by atoms with Crippen LogP contribution >= 0.6 is 0 Å². The van der Waals surface area contributed by atoms with Crippen LogP contribution in [0.15, 0.2) is 30.3 Å². The fourth-order valence-corrected chi connectivity index (χ4v) is 4.23. The summed E-state index contributed by atoms with van der Waals surface area (Å²) in [4.78, 5) is 15.0. The van der Waals surface area contributed by atoms with Gasteiger partial charge in [-0.05, 0) is 58.1 Å². The van der Waals surface area contributed by atoms with Crippen molar-refractivity contribution in [1.29, 1.82) is 0 Å². The van der Waals surface area contributed by atoms with Gasteiger partial charge in [-0.15, -0.1) is 0 Å². The highest BCUT2D eigenvalue weighted by Crippen LogP contribution is 2.29. The van der Waals surface area contributed by atoms with E-state index in [4.69, 9.17) is 0 Å². The number of piperidine rings is 1. The minimum absolute atomic E-state index is 0.0000403. The Morgan fingerprint density at radius 2 is 1.79 bits per heavy atom. The van der Waals surface area contributed by atoms with Crippen molar-refractivity contribution in [2.24, 2.45) is 0 Å². The first-order valence-electron chi connectivity index (χ1n) is 10.8. The Bertz CT molecular complexity index is 884. The van der Waals surface area contributed by atoms with Gasteiger partial charge >= 0.3 is 0 Å². The van der Waals surface area contributed by atoms with Gasteiger partial charge in [-0.25, -0.2) is 0 Å². The van der Waals surface area contributed by atoms with E-state index in [1.54, 1.807) is 6.08 Å². The first-order valence-corrected chi connectivity index (χ1v) is 10.8. The number of aromatic nitrogens is 2. The van der Waals surface area contributed by atoms with Crippen LogP contribution in [-0.4, -0.2) is 45.8 Å². The van der Waals surface area contributed by atoms with Crippen molar-refractivity contribution in [2.45, 2.75) is 65.1 Å². The monoisotopic (exact) mass is 392 g/mol. The van der Waals surface area contributed by atoms with Crippen LogP contribution in [0.25, 0.3) is 6.08 Å². The molecular formula is C24H32N4O. The van der Waals surface area contributed by atoms with Crippen molar-refractivity contribution in [3.63, 3.8) is 0 Å². The summed E-state index contributed by atoms with van der Waals surface area (Å²) in [6.45, 7) is 9.14. The van der Waals surface area contributed by atoms with E-state index in [-0.39, 0.29) is 5.91 Å². The summed E-state index contributed by atoms with van der Waals surface area (Å²) in [5, 5.41) is 7.86. The largest absolute Gasteiger partial charge is 0.350 e. The molecule has 5 heteroatoms. The zero-order valence-corrected chi connectivity index (χ0v) is 17.8. The van der Waals surface area contributed by atoms with Crippen molar-refractivity contribution in [1.82, 2.24) is 20.0 Å². The highest BCUT2D eigenvalue weighted by Gasteiger charge is 2.31. The first-order chi connectivity index (χ1) is 14.0. The zero-order chi connectivity index (χ0) is 20.4. The molecule has 0 spiro atoms. The fourth-order valence-electron chi connectivity index (χ4n) is 4.23. The quantitative estimate of drug-likeness (QED) is 0.764. The smallest absolute Gasteiger partial charge is 0.244 e. The lowest BCUT2D eigenvalue weighted by Crippen LogP contribution is -2.44. The van der Waals surface area contributed by atoms with Crippen molar-refractivity contribution >= 4 is 12.0 Å². The molecule has 0 bridgehead atoms. The molecule has 2 fully saturated rings. The number of hydrogen-bond donors (Lipinski definition) is 1. The summed E-state index contributed by atoms with van der Waals surface area (Å²) < 4.78 is 2.02. The number of hydrogen-bond acceptors (Lipinski definition) is 3. The molecule has 0 radical (unpaired) electrons. The predicted molar refractivity (Wildman–Crippen MR) is 117 cm³/mol. The maximum Gasteiger partial charge on any atom is 0.244 e. The van der Waals surface area contributed by atoms with Crippen LogP contribution < -0.4 is 5.32 Å². The van der Waals surface area contributed by atoms with Crippen molar-refractivity contribution in [3.05, 3.63) is 58.4 Å². The van der Waals surface area contributed by atoms with E-state index in [0.717, 1.165) is 55.5 Å². The van der Waals surface area contributed by atoms with E-state index < -0.39 is 0 Å². The molecule has 4 rings (SSSR count). The second-order valence-corrected chi connectivity index (χ2v) is 8.61. The third-order valence-corrected chi connectivity index (χ3v) is 6.23. The molecule has 1 N–H and O–H groups in total. The van der Waals surface area contributed by atoms with E-state index in [2.05, 4.69) is 53.4 Å². The summed E-state index contributed by atoms with van der Waals surface area (Å²) in [6, 6.07) is 9.66. The summed E-state index contributed by atoms with van der Waals surface area (Å²) in [6.07, 6.45) is 8.41. The lowest BCUT2D eigenvalue weighted by molar-refractivity contribution is -0.117. The van der Waals surface area contributed by atoms with Crippen molar-refractivity contribution < 1.29 is 4.79 Å². The van der Waals surface area contributed by atoms with Crippen LogP contribution in [0.5, 0.6) is 0 Å². The molecule has 154 valence electrons. The Balaban J connectivity index is 1.34. The Labute approximate surface area is 173 Å². The second kappa shape index (κ2) is 8.54. The van der Waals surface area contributed by atoms with Gasteiger partial charge < -0.3 is 10.2 Å². The SMILES string of the molecule is Cc1ccc(Cn2nc(C)c(/C=C/C(=O)NC3CCN(C4CC4)CC3)c2C)cc1. The number of likely N-dealkylation sites (tertiary alicyclic amines) is 1. The Kier molecular flexibility index (Phi) is 5.86. The molecule has 2 aromatic rings. The number of amides is 1. The molecule has 2 aliphatic rings. The van der Waals surface area contributed by atoms with Crippen LogP contribution in [0.2, 0.25) is 0 Å². The topological polar surface area (TPSA) is 50.2 Å². The van der Waals surface area contributed by atoms with Gasteiger partial charge in [0.15, 0.2) is 0 Å². The molecule has 29 heavy (non-hydrogen) atoms. The number of nitrogens with one attached hydrogen (secondary N) is 1. The van der Waals surface area contributed by atoms with Gasteiger partial charge in [-0.2, -0.15) is 5.10 Å². The minimum atomic E-state index is -0.0000403. The van der Waals surface area contributed by atoms with Gasteiger partial charge in [-0.1, -0.05) is 29.8 Å². The fraction of sp³-hybridized carbons (Fsp3) is 0.500. The Hall–Kier alpha value is -2.40. The van der Waals surface area contributed by atoms with Crippen LogP contribution in [0.4, 0.5) is 0 Å². The molecule has 0 atom stereocenters. The molecule has 1 aromatic heterocycles. The molecular weight excluding hydrogens is 360 g/mol. The van der Waals surface area contributed by atoms with Gasteiger partial charge in [0.05, 0.1) is 12.2 Å². The van der Waals surface area contributed by atoms with Gasteiger partial charge in [0.2, 0.25) is 5.91 Å². The van der Waals surface area contributed by atoms with Crippen LogP contribution in [-0.2, 0) is 11.3 Å². The molecule has 1 saturated carbocycles. The molecule has 2 heterocycles. The molecule has 1 amide bonds. The van der Waals surface area contributed by atoms with E-state index >= 15 is 0 Å². The number of nitrogens with zero attached hydrogens (tertiary/aromatic N) is 3. The summed E-state index contributed by atoms with van der Waals surface area (Å²) in [5.74, 6) is -0.0000403. The highest BCUT2D eigenvalue weighted by molar-refractivity contribution is 5.92.